The maximum atomic E-state index is 10.4. The van der Waals surface area contributed by atoms with E-state index in [4.69, 9.17) is 5.11 Å². The van der Waals surface area contributed by atoms with E-state index in [1.54, 1.807) is 0 Å². The van der Waals surface area contributed by atoms with Gasteiger partial charge in [0.1, 0.15) is 0 Å². The highest BCUT2D eigenvalue weighted by Crippen LogP contribution is 2.27. The lowest BCUT2D eigenvalue weighted by atomic mass is 10.3. The number of nitrogens with zero attached hydrogens (tertiary/aromatic N) is 2. The van der Waals surface area contributed by atoms with E-state index >= 15 is 0 Å². The van der Waals surface area contributed by atoms with Crippen molar-refractivity contribution in [3.8, 4) is 0 Å². The van der Waals surface area contributed by atoms with Gasteiger partial charge in [-0.25, -0.2) is 0 Å². The van der Waals surface area contributed by atoms with Gasteiger partial charge in [0.05, 0.1) is 6.54 Å². The summed E-state index contributed by atoms with van der Waals surface area (Å²) in [5, 5.41) is 8.60. The second-order valence-corrected chi connectivity index (χ2v) is 3.94. The first-order chi connectivity index (χ1) is 6.25. The smallest absolute Gasteiger partial charge is 0.317 e. The molecule has 13 heavy (non-hydrogen) atoms. The minimum Gasteiger partial charge on any atom is -0.480 e. The van der Waals surface area contributed by atoms with Crippen LogP contribution in [0.15, 0.2) is 0 Å². The minimum absolute atomic E-state index is 0.207. The molecule has 0 unspecified atom stereocenters. The Morgan fingerprint density at radius 3 is 2.31 bits per heavy atom. The van der Waals surface area contributed by atoms with Crippen LogP contribution in [0.4, 0.5) is 0 Å². The standard InChI is InChI=1S/C9H16N2O2/c12-9(13)7-10-3-5-11(6-4-10)8-1-2-8/h8H,1-7H2,(H,12,13). The topological polar surface area (TPSA) is 43.8 Å². The highest BCUT2D eigenvalue weighted by molar-refractivity contribution is 5.69. The van der Waals surface area contributed by atoms with Crippen LogP contribution in [0.3, 0.4) is 0 Å². The lowest BCUT2D eigenvalue weighted by Crippen LogP contribution is -2.48. The Morgan fingerprint density at radius 1 is 1.23 bits per heavy atom. The summed E-state index contributed by atoms with van der Waals surface area (Å²) < 4.78 is 0. The van der Waals surface area contributed by atoms with E-state index in [0.717, 1.165) is 32.2 Å². The summed E-state index contributed by atoms with van der Waals surface area (Å²) in [6, 6.07) is 0.826. The number of piperazine rings is 1. The molecule has 1 saturated carbocycles. The van der Waals surface area contributed by atoms with Crippen molar-refractivity contribution in [3.05, 3.63) is 0 Å². The van der Waals surface area contributed by atoms with Crippen LogP contribution in [0.25, 0.3) is 0 Å². The monoisotopic (exact) mass is 184 g/mol. The summed E-state index contributed by atoms with van der Waals surface area (Å²) in [6.45, 7) is 4.15. The Bertz CT molecular complexity index is 196. The molecular formula is C9H16N2O2. The van der Waals surface area contributed by atoms with E-state index in [1.807, 2.05) is 4.90 Å². The van der Waals surface area contributed by atoms with Gasteiger partial charge in [-0.15, -0.1) is 0 Å². The van der Waals surface area contributed by atoms with Crippen LogP contribution in [-0.2, 0) is 4.79 Å². The molecular weight excluding hydrogens is 168 g/mol. The van der Waals surface area contributed by atoms with Crippen LogP contribution in [0, 0.1) is 0 Å². The summed E-state index contributed by atoms with van der Waals surface area (Å²) in [5.41, 5.74) is 0. The molecule has 0 bridgehead atoms. The average Bonchev–Trinajstić information content (AvgIpc) is 2.87. The van der Waals surface area contributed by atoms with Crippen LogP contribution < -0.4 is 0 Å². The van der Waals surface area contributed by atoms with Gasteiger partial charge in [0.25, 0.3) is 0 Å². The molecule has 2 aliphatic rings. The van der Waals surface area contributed by atoms with Crippen molar-refractivity contribution >= 4 is 5.97 Å². The highest BCUT2D eigenvalue weighted by Gasteiger charge is 2.31. The van der Waals surface area contributed by atoms with Gasteiger partial charge in [-0.05, 0) is 12.8 Å². The van der Waals surface area contributed by atoms with Gasteiger partial charge in [0.2, 0.25) is 0 Å². The van der Waals surface area contributed by atoms with Crippen molar-refractivity contribution in [3.63, 3.8) is 0 Å². The first-order valence-electron chi connectivity index (χ1n) is 4.94. The van der Waals surface area contributed by atoms with Crippen molar-refractivity contribution in [2.45, 2.75) is 18.9 Å². The maximum Gasteiger partial charge on any atom is 0.317 e. The third-order valence-corrected chi connectivity index (χ3v) is 2.83. The second-order valence-electron chi connectivity index (χ2n) is 3.94. The second kappa shape index (κ2) is 3.64. The summed E-state index contributed by atoms with van der Waals surface area (Å²) in [6.07, 6.45) is 2.69. The fraction of sp³-hybridized carbons (Fsp3) is 0.889. The molecule has 4 heteroatoms. The van der Waals surface area contributed by atoms with Crippen molar-refractivity contribution in [2.24, 2.45) is 0 Å². The molecule has 1 N–H and O–H groups in total. The Balaban J connectivity index is 1.72. The number of hydrogen-bond donors (Lipinski definition) is 1. The molecule has 2 fully saturated rings. The molecule has 0 radical (unpaired) electrons. The molecule has 0 aromatic rings. The Labute approximate surface area is 78.1 Å². The van der Waals surface area contributed by atoms with Crippen molar-refractivity contribution in [2.75, 3.05) is 32.7 Å². The number of aliphatic carboxylic acids is 1. The van der Waals surface area contributed by atoms with Crippen LogP contribution >= 0.6 is 0 Å². The largest absolute Gasteiger partial charge is 0.480 e. The zero-order valence-electron chi connectivity index (χ0n) is 7.78. The quantitative estimate of drug-likeness (QED) is 0.662. The van der Waals surface area contributed by atoms with E-state index < -0.39 is 5.97 Å². The van der Waals surface area contributed by atoms with Crippen LogP contribution in [0.2, 0.25) is 0 Å². The minimum atomic E-state index is -0.708. The van der Waals surface area contributed by atoms with Gasteiger partial charge < -0.3 is 5.11 Å². The third kappa shape index (κ3) is 2.42. The summed E-state index contributed by atoms with van der Waals surface area (Å²) in [7, 11) is 0. The van der Waals surface area contributed by atoms with Crippen LogP contribution in [-0.4, -0.2) is 59.6 Å². The number of carboxylic acid groups (broad SMARTS) is 1. The summed E-state index contributed by atoms with van der Waals surface area (Å²) in [4.78, 5) is 14.9. The fourth-order valence-corrected chi connectivity index (χ4v) is 1.92. The molecule has 74 valence electrons. The Morgan fingerprint density at radius 2 is 1.85 bits per heavy atom. The first-order valence-corrected chi connectivity index (χ1v) is 4.94. The van der Waals surface area contributed by atoms with Gasteiger partial charge in [-0.3, -0.25) is 14.6 Å². The van der Waals surface area contributed by atoms with Gasteiger partial charge in [-0.1, -0.05) is 0 Å². The van der Waals surface area contributed by atoms with Crippen LogP contribution in [0.1, 0.15) is 12.8 Å². The van der Waals surface area contributed by atoms with E-state index in [-0.39, 0.29) is 6.54 Å². The number of carboxylic acids is 1. The van der Waals surface area contributed by atoms with Gasteiger partial charge in [-0.2, -0.15) is 0 Å². The van der Waals surface area contributed by atoms with E-state index in [2.05, 4.69) is 4.90 Å². The van der Waals surface area contributed by atoms with Crippen molar-refractivity contribution < 1.29 is 9.90 Å². The summed E-state index contributed by atoms with van der Waals surface area (Å²) in [5.74, 6) is -0.708. The third-order valence-electron chi connectivity index (χ3n) is 2.83. The molecule has 1 aliphatic heterocycles. The summed E-state index contributed by atoms with van der Waals surface area (Å²) >= 11 is 0. The van der Waals surface area contributed by atoms with Crippen LogP contribution in [0.5, 0.6) is 0 Å². The lowest BCUT2D eigenvalue weighted by Gasteiger charge is -2.33. The molecule has 2 rings (SSSR count). The first kappa shape index (κ1) is 8.97. The highest BCUT2D eigenvalue weighted by atomic mass is 16.4. The molecule has 0 amide bonds. The average molecular weight is 184 g/mol. The number of hydrogen-bond acceptors (Lipinski definition) is 3. The molecule has 0 atom stereocenters. The molecule has 1 saturated heterocycles. The zero-order chi connectivity index (χ0) is 9.26. The Hall–Kier alpha value is -0.610. The van der Waals surface area contributed by atoms with Gasteiger partial charge in [0.15, 0.2) is 0 Å². The van der Waals surface area contributed by atoms with E-state index in [9.17, 15) is 4.79 Å². The predicted molar refractivity (Wildman–Crippen MR) is 48.7 cm³/mol. The predicted octanol–water partition coefficient (Wildman–Crippen LogP) is -0.149. The van der Waals surface area contributed by atoms with E-state index in [1.165, 1.54) is 12.8 Å². The molecule has 1 heterocycles. The molecule has 0 aromatic carbocycles. The molecule has 0 aromatic heterocycles. The lowest BCUT2D eigenvalue weighted by molar-refractivity contribution is -0.138. The van der Waals surface area contributed by atoms with Gasteiger partial charge in [0, 0.05) is 32.2 Å². The zero-order valence-corrected chi connectivity index (χ0v) is 7.78. The van der Waals surface area contributed by atoms with Crippen molar-refractivity contribution in [1.29, 1.82) is 0 Å². The van der Waals surface area contributed by atoms with Gasteiger partial charge >= 0.3 is 5.97 Å². The molecule has 1 aliphatic carbocycles. The molecule has 4 nitrogen and oxygen atoms in total. The fourth-order valence-electron chi connectivity index (χ4n) is 1.92. The maximum absolute atomic E-state index is 10.4. The Kier molecular flexibility index (Phi) is 2.51. The SMILES string of the molecule is O=C(O)CN1CCN(C2CC2)CC1. The molecule has 0 spiro atoms. The number of carbonyl (C=O) groups is 1. The number of rotatable bonds is 3. The van der Waals surface area contributed by atoms with E-state index in [0.29, 0.717) is 0 Å². The normalized spacial score (nSPS) is 26.2. The van der Waals surface area contributed by atoms with Crippen molar-refractivity contribution in [1.82, 2.24) is 9.80 Å².